The number of β-amino-alcohol motifs (C(OH)–C–C–N with tert-alkyl or cyclic N) is 1. The van der Waals surface area contributed by atoms with Crippen molar-refractivity contribution in [2.75, 3.05) is 46.4 Å². The molecule has 5 rings (SSSR count). The molecule has 3 heterocycles. The Hall–Kier alpha value is -2.92. The fourth-order valence-electron chi connectivity index (χ4n) is 4.90. The summed E-state index contributed by atoms with van der Waals surface area (Å²) >= 11 is 0. The van der Waals surface area contributed by atoms with Gasteiger partial charge in [-0.15, -0.1) is 0 Å². The fraction of sp³-hybridized carbons (Fsp3) is 0.467. The standard InChI is InChI=1S/C15H18F2N2O.C13H16F2N2O.C2H6/c1-15(20)5-7-18(10-15)8-9-19-6-4-11-2-3-12(16)13(17)14(11)19;1-16(6-7-18)4-5-17-3-2-10-8-11(14)9-12(15)13(10)17;1-2/h2-4,6,20H,5,7-10H2,1H3;2-3,8-9,18H,4-7H2,1H3;1-2H3. The quantitative estimate of drug-likeness (QED) is 0.287. The van der Waals surface area contributed by atoms with Gasteiger partial charge in [-0.05, 0) is 50.7 Å². The Morgan fingerprint density at radius 1 is 0.850 bits per heavy atom. The topological polar surface area (TPSA) is 56.8 Å². The van der Waals surface area contributed by atoms with E-state index < -0.39 is 28.9 Å². The number of nitrogens with zero attached hydrogens (tertiary/aromatic N) is 4. The molecule has 0 saturated carbocycles. The highest BCUT2D eigenvalue weighted by Gasteiger charge is 2.30. The minimum atomic E-state index is -0.818. The molecule has 1 aliphatic heterocycles. The van der Waals surface area contributed by atoms with Crippen LogP contribution in [0.15, 0.2) is 48.8 Å². The van der Waals surface area contributed by atoms with Gasteiger partial charge < -0.3 is 24.2 Å². The molecule has 1 atom stereocenters. The van der Waals surface area contributed by atoms with Gasteiger partial charge in [0.2, 0.25) is 0 Å². The Bertz CT molecular complexity index is 1390. The maximum Gasteiger partial charge on any atom is 0.183 e. The summed E-state index contributed by atoms with van der Waals surface area (Å²) < 4.78 is 57.4. The second-order valence-corrected chi connectivity index (χ2v) is 10.2. The maximum absolute atomic E-state index is 13.9. The average Bonchev–Trinajstić information content (AvgIpc) is 3.62. The van der Waals surface area contributed by atoms with Gasteiger partial charge >= 0.3 is 0 Å². The fourth-order valence-corrected chi connectivity index (χ4v) is 4.90. The SMILES string of the molecule is CC.CC1(O)CCN(CCn2ccc3ccc(F)c(F)c32)C1.CN(CCO)CCn1ccc2cc(F)cc(F)c21. The molecule has 2 aromatic carbocycles. The zero-order valence-corrected chi connectivity index (χ0v) is 23.7. The summed E-state index contributed by atoms with van der Waals surface area (Å²) in [5.41, 5.74) is 0.112. The summed E-state index contributed by atoms with van der Waals surface area (Å²) in [5.74, 6) is -2.71. The van der Waals surface area contributed by atoms with E-state index in [1.165, 1.54) is 6.07 Å². The van der Waals surface area contributed by atoms with E-state index >= 15 is 0 Å². The summed E-state index contributed by atoms with van der Waals surface area (Å²) in [7, 11) is 1.89. The van der Waals surface area contributed by atoms with Crippen LogP contribution in [-0.2, 0) is 13.1 Å². The summed E-state index contributed by atoms with van der Waals surface area (Å²) in [6.45, 7) is 10.6. The number of aliphatic hydroxyl groups is 2. The van der Waals surface area contributed by atoms with Crippen molar-refractivity contribution in [1.82, 2.24) is 18.9 Å². The number of likely N-dealkylation sites (N-methyl/N-ethyl adjacent to an activating group) is 1. The summed E-state index contributed by atoms with van der Waals surface area (Å²) in [6, 6.07) is 8.46. The number of aromatic nitrogens is 2. The number of benzene rings is 2. The van der Waals surface area contributed by atoms with E-state index in [0.717, 1.165) is 31.6 Å². The van der Waals surface area contributed by atoms with Gasteiger partial charge in [0.15, 0.2) is 11.6 Å². The van der Waals surface area contributed by atoms with Crippen molar-refractivity contribution in [3.63, 3.8) is 0 Å². The molecule has 1 unspecified atom stereocenters. The van der Waals surface area contributed by atoms with Crippen LogP contribution in [0.1, 0.15) is 27.2 Å². The first-order valence-electron chi connectivity index (χ1n) is 13.7. The summed E-state index contributed by atoms with van der Waals surface area (Å²) in [5, 5.41) is 20.0. The van der Waals surface area contributed by atoms with E-state index in [9.17, 15) is 22.7 Å². The molecule has 0 aliphatic carbocycles. The highest BCUT2D eigenvalue weighted by atomic mass is 19.2. The first-order valence-corrected chi connectivity index (χ1v) is 13.7. The van der Waals surface area contributed by atoms with Crippen LogP contribution in [0, 0.1) is 23.3 Å². The Labute approximate surface area is 233 Å². The molecule has 4 aromatic rings. The lowest BCUT2D eigenvalue weighted by atomic mass is 10.1. The van der Waals surface area contributed by atoms with Crippen molar-refractivity contribution in [3.8, 4) is 0 Å². The maximum atomic E-state index is 13.9. The predicted molar refractivity (Wildman–Crippen MR) is 151 cm³/mol. The van der Waals surface area contributed by atoms with E-state index in [0.29, 0.717) is 54.5 Å². The molecule has 2 N–H and O–H groups in total. The van der Waals surface area contributed by atoms with Crippen LogP contribution in [0.5, 0.6) is 0 Å². The van der Waals surface area contributed by atoms with Crippen LogP contribution in [0.25, 0.3) is 21.8 Å². The van der Waals surface area contributed by atoms with Crippen molar-refractivity contribution in [2.24, 2.45) is 0 Å². The van der Waals surface area contributed by atoms with Gasteiger partial charge in [0.1, 0.15) is 11.6 Å². The smallest absolute Gasteiger partial charge is 0.183 e. The van der Waals surface area contributed by atoms with E-state index in [-0.39, 0.29) is 6.61 Å². The van der Waals surface area contributed by atoms with Crippen molar-refractivity contribution < 1.29 is 27.8 Å². The second kappa shape index (κ2) is 14.1. The van der Waals surface area contributed by atoms with Gasteiger partial charge in [0.05, 0.1) is 23.2 Å². The number of fused-ring (bicyclic) bond motifs is 2. The number of likely N-dealkylation sites (tertiary alicyclic amines) is 1. The summed E-state index contributed by atoms with van der Waals surface area (Å²) in [6.07, 6.45) is 4.28. The first-order chi connectivity index (χ1) is 19.1. The molecule has 0 radical (unpaired) electrons. The molecule has 0 spiro atoms. The van der Waals surface area contributed by atoms with Crippen LogP contribution in [-0.4, -0.2) is 81.1 Å². The molecular weight excluding hydrogens is 524 g/mol. The van der Waals surface area contributed by atoms with Gasteiger partial charge in [-0.25, -0.2) is 17.6 Å². The molecule has 0 bridgehead atoms. The average molecular weight is 565 g/mol. The highest BCUT2D eigenvalue weighted by Crippen LogP contribution is 2.24. The third-order valence-corrected chi connectivity index (χ3v) is 6.99. The molecule has 220 valence electrons. The van der Waals surface area contributed by atoms with Crippen molar-refractivity contribution in [2.45, 2.75) is 45.9 Å². The van der Waals surface area contributed by atoms with Crippen LogP contribution in [0.3, 0.4) is 0 Å². The Morgan fingerprint density at radius 2 is 1.52 bits per heavy atom. The van der Waals surface area contributed by atoms with Crippen LogP contribution in [0.2, 0.25) is 0 Å². The monoisotopic (exact) mass is 564 g/mol. The number of hydrogen-bond acceptors (Lipinski definition) is 4. The molecular formula is C30H40F4N4O2. The number of aliphatic hydroxyl groups excluding tert-OH is 1. The molecule has 2 aromatic heterocycles. The normalized spacial score (nSPS) is 17.3. The Morgan fingerprint density at radius 3 is 2.17 bits per heavy atom. The van der Waals surface area contributed by atoms with Gasteiger partial charge in [0.25, 0.3) is 0 Å². The predicted octanol–water partition coefficient (Wildman–Crippen LogP) is 5.25. The van der Waals surface area contributed by atoms with Crippen molar-refractivity contribution in [3.05, 3.63) is 72.1 Å². The molecule has 6 nitrogen and oxygen atoms in total. The lowest BCUT2D eigenvalue weighted by molar-refractivity contribution is 0.0684. The zero-order chi connectivity index (χ0) is 29.4. The van der Waals surface area contributed by atoms with Gasteiger partial charge in [-0.1, -0.05) is 13.8 Å². The molecule has 40 heavy (non-hydrogen) atoms. The minimum Gasteiger partial charge on any atom is -0.395 e. The van der Waals surface area contributed by atoms with E-state index in [4.69, 9.17) is 5.11 Å². The zero-order valence-electron chi connectivity index (χ0n) is 23.7. The van der Waals surface area contributed by atoms with Crippen LogP contribution in [0.4, 0.5) is 17.6 Å². The Kier molecular flexibility index (Phi) is 11.2. The van der Waals surface area contributed by atoms with E-state index in [1.54, 1.807) is 39.7 Å². The lowest BCUT2D eigenvalue weighted by Crippen LogP contribution is -2.31. The van der Waals surface area contributed by atoms with Crippen molar-refractivity contribution in [1.29, 1.82) is 0 Å². The molecule has 0 amide bonds. The molecule has 1 aliphatic rings. The molecule has 1 saturated heterocycles. The molecule has 10 heteroatoms. The Balaban J connectivity index is 0.000000209. The number of halogens is 4. The third kappa shape index (κ3) is 7.84. The van der Waals surface area contributed by atoms with Crippen LogP contribution >= 0.6 is 0 Å². The second-order valence-electron chi connectivity index (χ2n) is 10.2. The minimum absolute atomic E-state index is 0.0997. The lowest BCUT2D eigenvalue weighted by Gasteiger charge is -2.19. The van der Waals surface area contributed by atoms with Gasteiger partial charge in [0, 0.05) is 75.0 Å². The van der Waals surface area contributed by atoms with Crippen LogP contribution < -0.4 is 0 Å². The summed E-state index contributed by atoms with van der Waals surface area (Å²) in [4.78, 5) is 4.09. The first kappa shape index (κ1) is 31.6. The highest BCUT2D eigenvalue weighted by molar-refractivity contribution is 5.81. The number of hydrogen-bond donors (Lipinski definition) is 2. The van der Waals surface area contributed by atoms with E-state index in [2.05, 4.69) is 4.90 Å². The van der Waals surface area contributed by atoms with Gasteiger partial charge in [-0.2, -0.15) is 0 Å². The molecule has 1 fully saturated rings. The van der Waals surface area contributed by atoms with Gasteiger partial charge in [-0.3, -0.25) is 4.90 Å². The van der Waals surface area contributed by atoms with E-state index in [1.807, 2.05) is 32.7 Å². The largest absolute Gasteiger partial charge is 0.395 e. The third-order valence-electron chi connectivity index (χ3n) is 6.99. The van der Waals surface area contributed by atoms with Crippen molar-refractivity contribution >= 4 is 21.8 Å². The number of rotatable bonds is 8.